The molecular formula is C20H24FN5O2S. The van der Waals surface area contributed by atoms with E-state index in [0.29, 0.717) is 29.3 Å². The van der Waals surface area contributed by atoms with E-state index >= 15 is 0 Å². The van der Waals surface area contributed by atoms with Gasteiger partial charge in [0.25, 0.3) is 5.78 Å². The van der Waals surface area contributed by atoms with Gasteiger partial charge in [-0.15, -0.1) is 5.10 Å². The number of aromatic nitrogens is 4. The van der Waals surface area contributed by atoms with Crippen LogP contribution in [-0.4, -0.2) is 38.9 Å². The van der Waals surface area contributed by atoms with Gasteiger partial charge in [0.05, 0.1) is 13.2 Å². The van der Waals surface area contributed by atoms with E-state index in [2.05, 4.69) is 20.4 Å². The Labute approximate surface area is 173 Å². The van der Waals surface area contributed by atoms with Crippen LogP contribution >= 0.6 is 11.8 Å². The lowest BCUT2D eigenvalue weighted by Crippen LogP contribution is -2.27. The van der Waals surface area contributed by atoms with E-state index in [1.807, 2.05) is 27.0 Å². The highest BCUT2D eigenvalue weighted by Crippen LogP contribution is 2.22. The summed E-state index contributed by atoms with van der Waals surface area (Å²) in [6.07, 6.45) is 2.74. The zero-order valence-corrected chi connectivity index (χ0v) is 17.9. The van der Waals surface area contributed by atoms with Crippen LogP contribution in [0.5, 0.6) is 5.75 Å². The van der Waals surface area contributed by atoms with Crippen molar-refractivity contribution in [3.63, 3.8) is 0 Å². The number of thioether (sulfide) groups is 1. The lowest BCUT2D eigenvalue weighted by molar-refractivity contribution is -0.121. The van der Waals surface area contributed by atoms with Crippen molar-refractivity contribution in [1.29, 1.82) is 0 Å². The highest BCUT2D eigenvalue weighted by atomic mass is 32.2. The van der Waals surface area contributed by atoms with Crippen molar-refractivity contribution in [2.24, 2.45) is 0 Å². The van der Waals surface area contributed by atoms with E-state index in [4.69, 9.17) is 4.74 Å². The molecule has 1 amide bonds. The molecule has 0 unspecified atom stereocenters. The van der Waals surface area contributed by atoms with Gasteiger partial charge in [0.2, 0.25) is 11.1 Å². The normalized spacial score (nSPS) is 12.2. The van der Waals surface area contributed by atoms with Crippen molar-refractivity contribution in [3.8, 4) is 5.75 Å². The Kier molecular flexibility index (Phi) is 6.36. The van der Waals surface area contributed by atoms with Gasteiger partial charge in [-0.1, -0.05) is 17.8 Å². The molecule has 3 rings (SSSR count). The maximum absolute atomic E-state index is 13.9. The third kappa shape index (κ3) is 4.50. The molecule has 3 aromatic rings. The monoisotopic (exact) mass is 417 g/mol. The van der Waals surface area contributed by atoms with Crippen molar-refractivity contribution in [2.45, 2.75) is 44.8 Å². The van der Waals surface area contributed by atoms with Gasteiger partial charge in [0.1, 0.15) is 0 Å². The van der Waals surface area contributed by atoms with Crippen LogP contribution in [0.1, 0.15) is 41.9 Å². The van der Waals surface area contributed by atoms with Crippen LogP contribution in [0.2, 0.25) is 0 Å². The molecule has 0 aliphatic heterocycles. The van der Waals surface area contributed by atoms with Crippen LogP contribution in [0.15, 0.2) is 23.4 Å². The third-order valence-corrected chi connectivity index (χ3v) is 5.41. The molecule has 1 N–H and O–H groups in total. The van der Waals surface area contributed by atoms with Gasteiger partial charge >= 0.3 is 0 Å². The molecule has 0 radical (unpaired) electrons. The zero-order chi connectivity index (χ0) is 21.1. The summed E-state index contributed by atoms with van der Waals surface area (Å²) in [7, 11) is 1.42. The van der Waals surface area contributed by atoms with E-state index in [1.54, 1.807) is 16.6 Å². The molecule has 1 aromatic carbocycles. The van der Waals surface area contributed by atoms with E-state index < -0.39 is 5.82 Å². The standard InChI is InChI=1S/C20H24FN5O2S/c1-11(14-6-8-17(28-4)16(21)10-14)22-18(27)9-7-15-12(2)23-19-24-20(29-5)25-26(19)13(15)3/h6,8,10-11H,7,9H2,1-5H3,(H,22,27)/t11-/m0/s1. The molecule has 29 heavy (non-hydrogen) atoms. The van der Waals surface area contributed by atoms with Gasteiger partial charge in [-0.2, -0.15) is 4.98 Å². The van der Waals surface area contributed by atoms with Crippen LogP contribution in [-0.2, 0) is 11.2 Å². The van der Waals surface area contributed by atoms with E-state index in [1.165, 1.54) is 24.9 Å². The van der Waals surface area contributed by atoms with Crippen LogP contribution in [0.25, 0.3) is 5.78 Å². The summed E-state index contributed by atoms with van der Waals surface area (Å²) in [4.78, 5) is 21.3. The first-order valence-electron chi connectivity index (χ1n) is 9.23. The predicted molar refractivity (Wildman–Crippen MR) is 110 cm³/mol. The molecule has 9 heteroatoms. The van der Waals surface area contributed by atoms with Gasteiger partial charge in [0, 0.05) is 17.8 Å². The average Bonchev–Trinajstić information content (AvgIpc) is 3.11. The summed E-state index contributed by atoms with van der Waals surface area (Å²) in [6, 6.07) is 4.36. The number of benzene rings is 1. The minimum atomic E-state index is -0.450. The number of nitrogens with one attached hydrogen (secondary N) is 1. The first kappa shape index (κ1) is 21.0. The average molecular weight is 418 g/mol. The molecule has 1 atom stereocenters. The van der Waals surface area contributed by atoms with Crippen molar-refractivity contribution < 1.29 is 13.9 Å². The van der Waals surface area contributed by atoms with Crippen LogP contribution in [0, 0.1) is 19.7 Å². The highest BCUT2D eigenvalue weighted by molar-refractivity contribution is 7.98. The van der Waals surface area contributed by atoms with Gasteiger partial charge in [-0.25, -0.2) is 13.9 Å². The number of fused-ring (bicyclic) bond motifs is 1. The number of aryl methyl sites for hydroxylation is 2. The largest absolute Gasteiger partial charge is 0.494 e. The quantitative estimate of drug-likeness (QED) is 0.593. The molecule has 0 spiro atoms. The molecular weight excluding hydrogens is 393 g/mol. The van der Waals surface area contributed by atoms with Crippen LogP contribution < -0.4 is 10.1 Å². The van der Waals surface area contributed by atoms with Crippen molar-refractivity contribution >= 4 is 23.4 Å². The molecule has 0 aliphatic rings. The summed E-state index contributed by atoms with van der Waals surface area (Å²) in [5, 5.41) is 8.01. The topological polar surface area (TPSA) is 81.4 Å². The zero-order valence-electron chi connectivity index (χ0n) is 17.1. The Morgan fingerprint density at radius 2 is 2.10 bits per heavy atom. The summed E-state index contributed by atoms with van der Waals surface area (Å²) in [5.41, 5.74) is 3.43. The van der Waals surface area contributed by atoms with Crippen molar-refractivity contribution in [1.82, 2.24) is 24.9 Å². The first-order chi connectivity index (χ1) is 13.8. The number of ether oxygens (including phenoxy) is 1. The maximum Gasteiger partial charge on any atom is 0.253 e. The van der Waals surface area contributed by atoms with Crippen molar-refractivity contribution in [3.05, 3.63) is 46.5 Å². The molecule has 0 saturated carbocycles. The van der Waals surface area contributed by atoms with Crippen molar-refractivity contribution in [2.75, 3.05) is 13.4 Å². The number of carbonyl (C=O) groups is 1. The molecule has 0 aliphatic carbocycles. The summed E-state index contributed by atoms with van der Waals surface area (Å²) < 4.78 is 20.5. The summed E-state index contributed by atoms with van der Waals surface area (Å²) >= 11 is 1.46. The van der Waals surface area contributed by atoms with Crippen LogP contribution in [0.3, 0.4) is 0 Å². The minimum absolute atomic E-state index is 0.115. The second-order valence-corrected chi connectivity index (χ2v) is 7.53. The Balaban J connectivity index is 1.68. The molecule has 0 fully saturated rings. The fraction of sp³-hybridized carbons (Fsp3) is 0.400. The maximum atomic E-state index is 13.9. The lowest BCUT2D eigenvalue weighted by atomic mass is 10.0. The van der Waals surface area contributed by atoms with Gasteiger partial charge in [0.15, 0.2) is 11.6 Å². The van der Waals surface area contributed by atoms with E-state index in [0.717, 1.165) is 17.0 Å². The fourth-order valence-electron chi connectivity index (χ4n) is 3.23. The van der Waals surface area contributed by atoms with Gasteiger partial charge in [-0.05, 0) is 56.7 Å². The molecule has 0 bridgehead atoms. The number of methoxy groups -OCH3 is 1. The highest BCUT2D eigenvalue weighted by Gasteiger charge is 2.16. The minimum Gasteiger partial charge on any atom is -0.494 e. The number of rotatable bonds is 7. The number of hydrogen-bond donors (Lipinski definition) is 1. The third-order valence-electron chi connectivity index (χ3n) is 4.87. The summed E-state index contributed by atoms with van der Waals surface area (Å²) in [6.45, 7) is 5.69. The Hall–Kier alpha value is -2.68. The van der Waals surface area contributed by atoms with E-state index in [-0.39, 0.29) is 17.7 Å². The Bertz CT molecular complexity index is 1050. The second kappa shape index (κ2) is 8.77. The van der Waals surface area contributed by atoms with E-state index in [9.17, 15) is 9.18 Å². The molecule has 154 valence electrons. The first-order valence-corrected chi connectivity index (χ1v) is 10.5. The number of hydrogen-bond acceptors (Lipinski definition) is 6. The molecule has 0 saturated heterocycles. The Morgan fingerprint density at radius 1 is 1.34 bits per heavy atom. The lowest BCUT2D eigenvalue weighted by Gasteiger charge is -2.16. The fourth-order valence-corrected chi connectivity index (χ4v) is 3.56. The smallest absolute Gasteiger partial charge is 0.253 e. The number of carbonyl (C=O) groups excluding carboxylic acids is 1. The molecule has 7 nitrogen and oxygen atoms in total. The number of halogens is 1. The number of nitrogens with zero attached hydrogens (tertiary/aromatic N) is 4. The van der Waals surface area contributed by atoms with Crippen LogP contribution in [0.4, 0.5) is 4.39 Å². The predicted octanol–water partition coefficient (Wildman–Crippen LogP) is 3.42. The van der Waals surface area contributed by atoms with Gasteiger partial charge < -0.3 is 10.1 Å². The SMILES string of the molecule is COc1ccc([C@H](C)NC(=O)CCc2c(C)nc3nc(SC)nn3c2C)cc1F. The second-order valence-electron chi connectivity index (χ2n) is 6.75. The molecule has 2 aromatic heterocycles. The Morgan fingerprint density at radius 3 is 2.76 bits per heavy atom. The molecule has 2 heterocycles. The number of amides is 1. The van der Waals surface area contributed by atoms with Gasteiger partial charge in [-0.3, -0.25) is 4.79 Å². The summed E-state index contributed by atoms with van der Waals surface area (Å²) in [5.74, 6) is 0.178.